The van der Waals surface area contributed by atoms with Gasteiger partial charge in [-0.2, -0.15) is 5.10 Å². The Morgan fingerprint density at radius 2 is 1.78 bits per heavy atom. The van der Waals surface area contributed by atoms with E-state index in [1.54, 1.807) is 31.2 Å². The zero-order valence-corrected chi connectivity index (χ0v) is 13.8. The molecule has 2 rings (SSSR count). The summed E-state index contributed by atoms with van der Waals surface area (Å²) in [6.45, 7) is 1.77. The van der Waals surface area contributed by atoms with Gasteiger partial charge in [0.1, 0.15) is 0 Å². The highest BCUT2D eigenvalue weighted by Crippen LogP contribution is 2.27. The quantitative estimate of drug-likeness (QED) is 0.673. The SMILES string of the molecule is COc1ccc(C(=O)NN=C(C)c2ccccc2Cl)cc1OC. The molecule has 0 fully saturated rings. The maximum absolute atomic E-state index is 12.2. The molecule has 120 valence electrons. The van der Waals surface area contributed by atoms with Crippen LogP contribution in [0.15, 0.2) is 47.6 Å². The molecule has 6 heteroatoms. The minimum absolute atomic E-state index is 0.350. The lowest BCUT2D eigenvalue weighted by Gasteiger charge is -2.09. The van der Waals surface area contributed by atoms with Crippen LogP contribution in [0.2, 0.25) is 5.02 Å². The van der Waals surface area contributed by atoms with Crippen molar-refractivity contribution in [2.24, 2.45) is 5.10 Å². The van der Waals surface area contributed by atoms with Crippen LogP contribution in [0.25, 0.3) is 0 Å². The van der Waals surface area contributed by atoms with Gasteiger partial charge in [0.15, 0.2) is 11.5 Å². The number of hydrogen-bond donors (Lipinski definition) is 1. The van der Waals surface area contributed by atoms with E-state index in [-0.39, 0.29) is 5.91 Å². The lowest BCUT2D eigenvalue weighted by molar-refractivity contribution is 0.0954. The van der Waals surface area contributed by atoms with E-state index in [1.165, 1.54) is 14.2 Å². The van der Waals surface area contributed by atoms with Crippen LogP contribution in [0.4, 0.5) is 0 Å². The molecule has 0 saturated carbocycles. The molecule has 0 aliphatic carbocycles. The maximum atomic E-state index is 12.2. The minimum Gasteiger partial charge on any atom is -0.493 e. The summed E-state index contributed by atoms with van der Waals surface area (Å²) in [5, 5.41) is 4.67. The fraction of sp³-hybridized carbons (Fsp3) is 0.176. The van der Waals surface area contributed by atoms with Crippen LogP contribution in [0.5, 0.6) is 11.5 Å². The summed E-state index contributed by atoms with van der Waals surface area (Å²) in [6.07, 6.45) is 0. The van der Waals surface area contributed by atoms with E-state index in [2.05, 4.69) is 10.5 Å². The Balaban J connectivity index is 2.16. The zero-order chi connectivity index (χ0) is 16.8. The zero-order valence-electron chi connectivity index (χ0n) is 13.1. The first-order valence-electron chi connectivity index (χ1n) is 6.88. The van der Waals surface area contributed by atoms with Crippen molar-refractivity contribution in [2.75, 3.05) is 14.2 Å². The molecule has 0 atom stereocenters. The summed E-state index contributed by atoms with van der Waals surface area (Å²) in [4.78, 5) is 12.2. The van der Waals surface area contributed by atoms with Gasteiger partial charge in [-0.05, 0) is 31.2 Å². The molecule has 0 heterocycles. The summed E-state index contributed by atoms with van der Waals surface area (Å²) in [5.74, 6) is 0.684. The van der Waals surface area contributed by atoms with Gasteiger partial charge in [0.25, 0.3) is 5.91 Å². The van der Waals surface area contributed by atoms with Crippen LogP contribution in [0, 0.1) is 0 Å². The van der Waals surface area contributed by atoms with E-state index in [0.717, 1.165) is 5.56 Å². The molecule has 2 aromatic rings. The molecular formula is C17H17ClN2O3. The number of benzene rings is 2. The number of hydrazone groups is 1. The standard InChI is InChI=1S/C17H17ClN2O3/c1-11(13-6-4-5-7-14(13)18)19-20-17(21)12-8-9-15(22-2)16(10-12)23-3/h4-10H,1-3H3,(H,20,21). The van der Waals surface area contributed by atoms with Crippen molar-refractivity contribution in [3.63, 3.8) is 0 Å². The van der Waals surface area contributed by atoms with Crippen molar-refractivity contribution in [1.29, 1.82) is 0 Å². The van der Waals surface area contributed by atoms with Gasteiger partial charge in [0, 0.05) is 16.1 Å². The first-order chi connectivity index (χ1) is 11.1. The number of carbonyl (C=O) groups excluding carboxylic acids is 1. The molecule has 0 aliphatic heterocycles. The normalized spacial score (nSPS) is 11.0. The first-order valence-corrected chi connectivity index (χ1v) is 7.26. The average molecular weight is 333 g/mol. The number of nitrogens with zero attached hydrogens (tertiary/aromatic N) is 1. The molecule has 1 N–H and O–H groups in total. The molecule has 2 aromatic carbocycles. The van der Waals surface area contributed by atoms with Crippen LogP contribution in [0.1, 0.15) is 22.8 Å². The second kappa shape index (κ2) is 7.65. The lowest BCUT2D eigenvalue weighted by atomic mass is 10.1. The highest BCUT2D eigenvalue weighted by molar-refractivity contribution is 6.34. The smallest absolute Gasteiger partial charge is 0.271 e. The van der Waals surface area contributed by atoms with Gasteiger partial charge in [-0.25, -0.2) is 5.43 Å². The Morgan fingerprint density at radius 3 is 2.43 bits per heavy atom. The van der Waals surface area contributed by atoms with E-state index in [4.69, 9.17) is 21.1 Å². The molecule has 1 amide bonds. The van der Waals surface area contributed by atoms with E-state index in [1.807, 2.05) is 18.2 Å². The molecule has 0 unspecified atom stereocenters. The third-order valence-corrected chi connectivity index (χ3v) is 3.56. The number of rotatable bonds is 5. The second-order valence-corrected chi connectivity index (χ2v) is 5.09. The second-order valence-electron chi connectivity index (χ2n) is 4.69. The third kappa shape index (κ3) is 4.02. The van der Waals surface area contributed by atoms with Crippen molar-refractivity contribution in [2.45, 2.75) is 6.92 Å². The summed E-state index contributed by atoms with van der Waals surface area (Å²) >= 11 is 6.10. The van der Waals surface area contributed by atoms with Gasteiger partial charge in [-0.3, -0.25) is 4.79 Å². The van der Waals surface area contributed by atoms with Crippen LogP contribution in [0.3, 0.4) is 0 Å². The molecule has 0 bridgehead atoms. The van der Waals surface area contributed by atoms with Gasteiger partial charge < -0.3 is 9.47 Å². The molecule has 23 heavy (non-hydrogen) atoms. The number of amides is 1. The molecule has 5 nitrogen and oxygen atoms in total. The number of carbonyl (C=O) groups is 1. The first kappa shape index (κ1) is 16.8. The van der Waals surface area contributed by atoms with E-state index >= 15 is 0 Å². The molecule has 0 radical (unpaired) electrons. The predicted molar refractivity (Wildman–Crippen MR) is 90.7 cm³/mol. The van der Waals surface area contributed by atoms with Gasteiger partial charge in [-0.15, -0.1) is 0 Å². The summed E-state index contributed by atoms with van der Waals surface area (Å²) in [5.41, 5.74) is 4.30. The topological polar surface area (TPSA) is 59.9 Å². The summed E-state index contributed by atoms with van der Waals surface area (Å²) in [6, 6.07) is 12.2. The molecule has 0 aliphatic rings. The molecule has 0 aromatic heterocycles. The highest BCUT2D eigenvalue weighted by Gasteiger charge is 2.10. The monoisotopic (exact) mass is 332 g/mol. The summed E-state index contributed by atoms with van der Waals surface area (Å²) < 4.78 is 10.3. The van der Waals surface area contributed by atoms with Gasteiger partial charge >= 0.3 is 0 Å². The summed E-state index contributed by atoms with van der Waals surface area (Å²) in [7, 11) is 3.05. The minimum atomic E-state index is -0.350. The van der Waals surface area contributed by atoms with Gasteiger partial charge in [0.2, 0.25) is 0 Å². The Hall–Kier alpha value is -2.53. The van der Waals surface area contributed by atoms with E-state index in [0.29, 0.717) is 27.8 Å². The molecule has 0 spiro atoms. The Kier molecular flexibility index (Phi) is 5.60. The highest BCUT2D eigenvalue weighted by atomic mass is 35.5. The van der Waals surface area contributed by atoms with Crippen LogP contribution in [-0.2, 0) is 0 Å². The fourth-order valence-electron chi connectivity index (χ4n) is 1.99. The Morgan fingerprint density at radius 1 is 1.09 bits per heavy atom. The number of nitrogens with one attached hydrogen (secondary N) is 1. The van der Waals surface area contributed by atoms with Crippen LogP contribution < -0.4 is 14.9 Å². The van der Waals surface area contributed by atoms with Crippen molar-refractivity contribution in [3.8, 4) is 11.5 Å². The number of methoxy groups -OCH3 is 2. The van der Waals surface area contributed by atoms with E-state index < -0.39 is 0 Å². The van der Waals surface area contributed by atoms with Crippen molar-refractivity contribution in [3.05, 3.63) is 58.6 Å². The Bertz CT molecular complexity index is 744. The number of hydrogen-bond acceptors (Lipinski definition) is 4. The Labute approximate surface area is 139 Å². The van der Waals surface area contributed by atoms with Crippen molar-refractivity contribution >= 4 is 23.2 Å². The van der Waals surface area contributed by atoms with Crippen LogP contribution in [-0.4, -0.2) is 25.8 Å². The van der Waals surface area contributed by atoms with Crippen molar-refractivity contribution in [1.82, 2.24) is 5.43 Å². The third-order valence-electron chi connectivity index (χ3n) is 3.23. The number of halogens is 1. The average Bonchev–Trinajstić information content (AvgIpc) is 2.59. The van der Waals surface area contributed by atoms with Gasteiger partial charge in [0.05, 0.1) is 19.9 Å². The van der Waals surface area contributed by atoms with Gasteiger partial charge in [-0.1, -0.05) is 29.8 Å². The molecular weight excluding hydrogens is 316 g/mol. The number of ether oxygens (including phenoxy) is 2. The fourth-order valence-corrected chi connectivity index (χ4v) is 2.26. The lowest BCUT2D eigenvalue weighted by Crippen LogP contribution is -2.19. The van der Waals surface area contributed by atoms with Crippen molar-refractivity contribution < 1.29 is 14.3 Å². The predicted octanol–water partition coefficient (Wildman–Crippen LogP) is 3.51. The van der Waals surface area contributed by atoms with E-state index in [9.17, 15) is 4.79 Å². The largest absolute Gasteiger partial charge is 0.493 e. The molecule has 0 saturated heterocycles. The van der Waals surface area contributed by atoms with Crippen LogP contribution >= 0.6 is 11.6 Å². The maximum Gasteiger partial charge on any atom is 0.271 e.